The van der Waals surface area contributed by atoms with Crippen LogP contribution in [-0.4, -0.2) is 17.2 Å². The molecule has 2 aromatic carbocycles. The molecular formula is C19H14Cl2N2O2. The number of aliphatic imine (C=N–C) groups is 1. The van der Waals surface area contributed by atoms with Gasteiger partial charge in [0.25, 0.3) is 0 Å². The highest BCUT2D eigenvalue weighted by Gasteiger charge is 2.25. The summed E-state index contributed by atoms with van der Waals surface area (Å²) < 4.78 is 5.29. The molecule has 0 aliphatic carbocycles. The van der Waals surface area contributed by atoms with Crippen molar-refractivity contribution in [3.05, 3.63) is 81.7 Å². The summed E-state index contributed by atoms with van der Waals surface area (Å²) in [6.07, 6.45) is 1.54. The number of hydrogen-bond acceptors (Lipinski definition) is 4. The quantitative estimate of drug-likeness (QED) is 0.428. The molecule has 1 heterocycles. The Morgan fingerprint density at radius 1 is 1.16 bits per heavy atom. The van der Waals surface area contributed by atoms with Crippen molar-refractivity contribution in [3.63, 3.8) is 0 Å². The van der Waals surface area contributed by atoms with Gasteiger partial charge in [-0.2, -0.15) is 0 Å². The van der Waals surface area contributed by atoms with E-state index in [1.54, 1.807) is 61.5 Å². The summed E-state index contributed by atoms with van der Waals surface area (Å²) >= 11 is 12.0. The van der Waals surface area contributed by atoms with Gasteiger partial charge >= 0.3 is 0 Å². The number of rotatable bonds is 5. The van der Waals surface area contributed by atoms with Gasteiger partial charge < -0.3 is 4.52 Å². The van der Waals surface area contributed by atoms with Crippen LogP contribution >= 0.6 is 23.2 Å². The molecule has 4 nitrogen and oxygen atoms in total. The average molecular weight is 373 g/mol. The summed E-state index contributed by atoms with van der Waals surface area (Å²) in [5, 5.41) is 4.87. The number of hydrogen-bond donors (Lipinski definition) is 0. The largest absolute Gasteiger partial charge is 0.360 e. The molecule has 1 atom stereocenters. The molecule has 0 N–H and O–H groups in total. The normalized spacial score (nSPS) is 12.4. The van der Waals surface area contributed by atoms with E-state index in [-0.39, 0.29) is 5.78 Å². The second-order valence-electron chi connectivity index (χ2n) is 5.45. The van der Waals surface area contributed by atoms with E-state index in [2.05, 4.69) is 10.1 Å². The van der Waals surface area contributed by atoms with Crippen LogP contribution in [0.1, 0.15) is 27.7 Å². The fraction of sp³-hybridized carbons (Fsp3) is 0.105. The second kappa shape index (κ2) is 7.64. The molecule has 3 rings (SSSR count). The third kappa shape index (κ3) is 4.16. The van der Waals surface area contributed by atoms with Crippen molar-refractivity contribution < 1.29 is 9.32 Å². The Kier molecular flexibility index (Phi) is 5.31. The summed E-state index contributed by atoms with van der Waals surface area (Å²) in [6, 6.07) is 15.6. The summed E-state index contributed by atoms with van der Waals surface area (Å²) in [5.41, 5.74) is 1.77. The highest BCUT2D eigenvalue weighted by atomic mass is 35.5. The van der Waals surface area contributed by atoms with E-state index in [0.29, 0.717) is 32.8 Å². The van der Waals surface area contributed by atoms with Gasteiger partial charge in [-0.15, -0.1) is 0 Å². The van der Waals surface area contributed by atoms with E-state index in [9.17, 15) is 4.79 Å². The maximum absolute atomic E-state index is 13.0. The number of aromatic nitrogens is 1. The Hall–Kier alpha value is -2.43. The van der Waals surface area contributed by atoms with E-state index in [4.69, 9.17) is 27.7 Å². The first-order valence-corrected chi connectivity index (χ1v) is 8.32. The number of aryl methyl sites for hydroxylation is 1. The first-order chi connectivity index (χ1) is 12.0. The molecule has 3 aromatic rings. The smallest absolute Gasteiger partial charge is 0.180 e. The molecular weight excluding hydrogens is 359 g/mol. The molecule has 0 radical (unpaired) electrons. The molecule has 0 saturated heterocycles. The molecule has 0 spiro atoms. The minimum atomic E-state index is -0.725. The zero-order chi connectivity index (χ0) is 17.8. The lowest BCUT2D eigenvalue weighted by Crippen LogP contribution is -2.14. The van der Waals surface area contributed by atoms with Gasteiger partial charge in [-0.1, -0.05) is 40.5 Å². The van der Waals surface area contributed by atoms with Crippen LogP contribution in [0.25, 0.3) is 0 Å². The minimum Gasteiger partial charge on any atom is -0.360 e. The third-order valence-electron chi connectivity index (χ3n) is 3.57. The van der Waals surface area contributed by atoms with Crippen LogP contribution in [0.5, 0.6) is 0 Å². The lowest BCUT2D eigenvalue weighted by Gasteiger charge is -2.09. The summed E-state index contributed by atoms with van der Waals surface area (Å²) in [7, 11) is 0. The van der Waals surface area contributed by atoms with Gasteiger partial charge in [0.2, 0.25) is 0 Å². The number of Topliss-reactive ketones (excluding diaryl/α,β-unsaturated/α-hetero) is 1. The summed E-state index contributed by atoms with van der Waals surface area (Å²) in [5.74, 6) is -0.517. The Morgan fingerprint density at radius 2 is 1.88 bits per heavy atom. The SMILES string of the molecule is Cc1cc(C(C=Nc2ccc(Cl)cc2)C(=O)c2ccccc2Cl)on1. The minimum absolute atomic E-state index is 0.209. The Morgan fingerprint density at radius 3 is 2.52 bits per heavy atom. The van der Waals surface area contributed by atoms with Crippen molar-refractivity contribution in [2.24, 2.45) is 4.99 Å². The molecule has 0 saturated carbocycles. The maximum atomic E-state index is 13.0. The molecule has 0 bridgehead atoms. The molecule has 25 heavy (non-hydrogen) atoms. The highest BCUT2D eigenvalue weighted by molar-refractivity contribution is 6.34. The van der Waals surface area contributed by atoms with E-state index in [0.717, 1.165) is 0 Å². The predicted molar refractivity (Wildman–Crippen MR) is 99.4 cm³/mol. The van der Waals surface area contributed by atoms with Gasteiger partial charge in [-0.05, 0) is 43.3 Å². The molecule has 1 aromatic heterocycles. The van der Waals surface area contributed by atoms with Crippen molar-refractivity contribution >= 4 is 40.9 Å². The lowest BCUT2D eigenvalue weighted by atomic mass is 9.96. The molecule has 126 valence electrons. The number of carbonyl (C=O) groups excluding carboxylic acids is 1. The summed E-state index contributed by atoms with van der Waals surface area (Å²) in [4.78, 5) is 17.3. The summed E-state index contributed by atoms with van der Waals surface area (Å²) in [6.45, 7) is 1.79. The monoisotopic (exact) mass is 372 g/mol. The topological polar surface area (TPSA) is 55.5 Å². The van der Waals surface area contributed by atoms with Crippen LogP contribution in [0.15, 0.2) is 64.1 Å². The van der Waals surface area contributed by atoms with Gasteiger partial charge in [0.15, 0.2) is 11.5 Å². The number of carbonyl (C=O) groups is 1. The Labute approximate surface area is 155 Å². The van der Waals surface area contributed by atoms with Gasteiger partial charge in [0, 0.05) is 22.9 Å². The molecule has 0 aliphatic heterocycles. The van der Waals surface area contributed by atoms with Crippen LogP contribution in [-0.2, 0) is 0 Å². The Balaban J connectivity index is 1.97. The average Bonchev–Trinajstić information content (AvgIpc) is 3.03. The second-order valence-corrected chi connectivity index (χ2v) is 6.29. The molecule has 0 aliphatic rings. The van der Waals surface area contributed by atoms with Crippen molar-refractivity contribution in [3.8, 4) is 0 Å². The number of nitrogens with zero attached hydrogens (tertiary/aromatic N) is 2. The number of ketones is 1. The first-order valence-electron chi connectivity index (χ1n) is 7.56. The van der Waals surface area contributed by atoms with Gasteiger partial charge in [0.05, 0.1) is 16.4 Å². The van der Waals surface area contributed by atoms with Gasteiger partial charge in [-0.3, -0.25) is 9.79 Å². The van der Waals surface area contributed by atoms with Crippen molar-refractivity contribution in [2.45, 2.75) is 12.8 Å². The molecule has 0 amide bonds. The van der Waals surface area contributed by atoms with Crippen LogP contribution in [0.2, 0.25) is 10.0 Å². The number of halogens is 2. The molecule has 1 unspecified atom stereocenters. The molecule has 0 fully saturated rings. The zero-order valence-electron chi connectivity index (χ0n) is 13.3. The van der Waals surface area contributed by atoms with Crippen molar-refractivity contribution in [1.29, 1.82) is 0 Å². The van der Waals surface area contributed by atoms with E-state index >= 15 is 0 Å². The van der Waals surface area contributed by atoms with E-state index < -0.39 is 5.92 Å². The lowest BCUT2D eigenvalue weighted by molar-refractivity contribution is 0.0974. The van der Waals surface area contributed by atoms with Gasteiger partial charge in [-0.25, -0.2) is 0 Å². The fourth-order valence-electron chi connectivity index (χ4n) is 2.32. The highest BCUT2D eigenvalue weighted by Crippen LogP contribution is 2.26. The predicted octanol–water partition coefficient (Wildman–Crippen LogP) is 5.66. The fourth-order valence-corrected chi connectivity index (χ4v) is 2.67. The van der Waals surface area contributed by atoms with Crippen molar-refractivity contribution in [2.75, 3.05) is 0 Å². The van der Waals surface area contributed by atoms with E-state index in [1.807, 2.05) is 0 Å². The Bertz CT molecular complexity index is 917. The van der Waals surface area contributed by atoms with Crippen molar-refractivity contribution in [1.82, 2.24) is 5.16 Å². The first kappa shape index (κ1) is 17.4. The standard InChI is InChI=1S/C19H14Cl2N2O2/c1-12-10-18(25-23-12)16(11-22-14-8-6-13(20)7-9-14)19(24)15-4-2-3-5-17(15)21/h2-11,16H,1H3. The zero-order valence-corrected chi connectivity index (χ0v) is 14.8. The van der Waals surface area contributed by atoms with Crippen LogP contribution in [0, 0.1) is 6.92 Å². The van der Waals surface area contributed by atoms with Gasteiger partial charge in [0.1, 0.15) is 5.92 Å². The number of benzene rings is 2. The van der Waals surface area contributed by atoms with Crippen LogP contribution < -0.4 is 0 Å². The molecule has 6 heteroatoms. The van der Waals surface area contributed by atoms with Crippen LogP contribution in [0.4, 0.5) is 5.69 Å². The van der Waals surface area contributed by atoms with Crippen LogP contribution in [0.3, 0.4) is 0 Å². The maximum Gasteiger partial charge on any atom is 0.180 e. The van der Waals surface area contributed by atoms with E-state index in [1.165, 1.54) is 6.21 Å². The third-order valence-corrected chi connectivity index (χ3v) is 4.16.